The van der Waals surface area contributed by atoms with Gasteiger partial charge in [0.05, 0.1) is 16.9 Å². The lowest BCUT2D eigenvalue weighted by Crippen LogP contribution is -2.28. The molecule has 28 heavy (non-hydrogen) atoms. The molecule has 0 aliphatic rings. The number of rotatable bonds is 6. The lowest BCUT2D eigenvalue weighted by molar-refractivity contribution is 0.0636. The third-order valence-corrected chi connectivity index (χ3v) is 4.78. The van der Waals surface area contributed by atoms with Crippen LogP contribution in [-0.2, 0) is 9.39 Å². The number of halogens is 1. The normalized spacial score (nSPS) is 11.9. The van der Waals surface area contributed by atoms with Crippen LogP contribution in [-0.4, -0.2) is 37.5 Å². The molecule has 0 aliphatic carbocycles. The van der Waals surface area contributed by atoms with Crippen LogP contribution in [0.25, 0.3) is 10.1 Å². The van der Waals surface area contributed by atoms with E-state index in [1.54, 1.807) is 20.8 Å². The quantitative estimate of drug-likeness (QED) is 0.718. The molecule has 0 unspecified atom stereocenters. The van der Waals surface area contributed by atoms with E-state index >= 15 is 0 Å². The number of nitrogens with one attached hydrogen (secondary N) is 1. The van der Waals surface area contributed by atoms with Gasteiger partial charge >= 0.3 is 13.6 Å². The smallest absolute Gasteiger partial charge is 0.412 e. The Balaban J connectivity index is 2.36. The fourth-order valence-corrected chi connectivity index (χ4v) is 3.36. The Morgan fingerprint density at radius 1 is 1.36 bits per heavy atom. The summed E-state index contributed by atoms with van der Waals surface area (Å²) >= 11 is 0.962. The van der Waals surface area contributed by atoms with Crippen molar-refractivity contribution in [2.45, 2.75) is 40.2 Å². The summed E-state index contributed by atoms with van der Waals surface area (Å²) in [5.41, 5.74) is -0.492. The number of fused-ring (bicyclic) bond motifs is 1. The number of carbonyl (C=O) groups is 1. The highest BCUT2D eigenvalue weighted by molar-refractivity contribution is 7.23. The molecule has 1 aromatic carbocycles. The summed E-state index contributed by atoms with van der Waals surface area (Å²) in [4.78, 5) is 12.1. The first-order chi connectivity index (χ1) is 13.0. The van der Waals surface area contributed by atoms with E-state index in [9.17, 15) is 19.6 Å². The number of hydrogen-bond acceptors (Lipinski definition) is 6. The van der Waals surface area contributed by atoms with Gasteiger partial charge in [-0.25, -0.2) is 9.18 Å². The Bertz CT molecular complexity index is 915. The topological polar surface area (TPSA) is 91.6 Å². The van der Waals surface area contributed by atoms with Gasteiger partial charge in [0.15, 0.2) is 0 Å². The Labute approximate surface area is 168 Å². The molecule has 0 atom stereocenters. The molecule has 1 aromatic heterocycles. The summed E-state index contributed by atoms with van der Waals surface area (Å²) in [5, 5.41) is 22.0. The molecule has 0 bridgehead atoms. The van der Waals surface area contributed by atoms with Gasteiger partial charge in [0, 0.05) is 17.4 Å². The van der Waals surface area contributed by atoms with Gasteiger partial charge in [-0.2, -0.15) is 5.26 Å². The highest BCUT2D eigenvalue weighted by Gasteiger charge is 2.23. The zero-order valence-electron chi connectivity index (χ0n) is 16.6. The third kappa shape index (κ3) is 5.44. The fraction of sp³-hybridized carbons (Fsp3) is 0.474. The molecule has 2 rings (SSSR count). The highest BCUT2D eigenvalue weighted by Crippen LogP contribution is 2.36. The molecule has 149 valence electrons. The van der Waals surface area contributed by atoms with E-state index in [-0.39, 0.29) is 28.5 Å². The molecule has 2 N–H and O–H groups in total. The van der Waals surface area contributed by atoms with Gasteiger partial charge < -0.3 is 14.5 Å². The molecule has 1 radical (unpaired) electrons. The van der Waals surface area contributed by atoms with E-state index in [2.05, 4.69) is 5.32 Å². The molecule has 2 aromatic rings. The van der Waals surface area contributed by atoms with Gasteiger partial charge in [0.1, 0.15) is 22.5 Å². The SMILES string of the molecule is CC(C)(CO)CO[B]c1ccc(F)c2sc(NC(=O)OC(C)(C)C)c(C#N)c12. The molecule has 0 spiro atoms. The molecule has 0 aliphatic heterocycles. The summed E-state index contributed by atoms with van der Waals surface area (Å²) in [5.74, 6) is -0.499. The number of aliphatic hydroxyl groups excluding tert-OH is 1. The summed E-state index contributed by atoms with van der Waals surface area (Å²) < 4.78 is 25.3. The Morgan fingerprint density at radius 2 is 2.04 bits per heavy atom. The van der Waals surface area contributed by atoms with Gasteiger partial charge in [-0.05, 0) is 32.3 Å². The van der Waals surface area contributed by atoms with Crippen LogP contribution in [0.15, 0.2) is 12.1 Å². The van der Waals surface area contributed by atoms with Crippen molar-refractivity contribution in [1.82, 2.24) is 0 Å². The van der Waals surface area contributed by atoms with Crippen molar-refractivity contribution in [3.8, 4) is 6.07 Å². The van der Waals surface area contributed by atoms with Crippen LogP contribution >= 0.6 is 11.3 Å². The second-order valence-electron chi connectivity index (χ2n) is 8.14. The van der Waals surface area contributed by atoms with Crippen molar-refractivity contribution in [2.24, 2.45) is 5.41 Å². The van der Waals surface area contributed by atoms with Crippen LogP contribution in [0.2, 0.25) is 0 Å². The lowest BCUT2D eigenvalue weighted by atomic mass is 9.83. The number of nitriles is 1. The van der Waals surface area contributed by atoms with Gasteiger partial charge in [-0.3, -0.25) is 5.32 Å². The number of thiophene rings is 1. The standard InChI is InChI=1S/C19H23BFN2O4S/c1-18(2,3)27-17(25)23-16-11(8-22)14-12(6-7-13(21)15(14)28-16)20-26-10-19(4,5)9-24/h6-7,24H,9-10H2,1-5H3,(H,23,25). The van der Waals surface area contributed by atoms with Crippen LogP contribution in [0, 0.1) is 22.6 Å². The maximum absolute atomic E-state index is 14.3. The monoisotopic (exact) mass is 405 g/mol. The second-order valence-corrected chi connectivity index (χ2v) is 9.16. The van der Waals surface area contributed by atoms with Crippen molar-refractivity contribution in [3.05, 3.63) is 23.5 Å². The molecule has 0 saturated heterocycles. The molecule has 1 heterocycles. The minimum Gasteiger partial charge on any atom is -0.444 e. The van der Waals surface area contributed by atoms with Crippen molar-refractivity contribution < 1.29 is 23.7 Å². The maximum atomic E-state index is 14.3. The van der Waals surface area contributed by atoms with E-state index < -0.39 is 22.9 Å². The van der Waals surface area contributed by atoms with Crippen LogP contribution < -0.4 is 10.8 Å². The van der Waals surface area contributed by atoms with Crippen molar-refractivity contribution >= 4 is 45.5 Å². The third-order valence-electron chi connectivity index (χ3n) is 3.66. The molecule has 0 fully saturated rings. The van der Waals surface area contributed by atoms with Crippen molar-refractivity contribution in [2.75, 3.05) is 18.5 Å². The zero-order chi connectivity index (χ0) is 21.1. The van der Waals surface area contributed by atoms with Gasteiger partial charge in [0.2, 0.25) is 0 Å². The zero-order valence-corrected chi connectivity index (χ0v) is 17.4. The number of anilines is 1. The molecule has 6 nitrogen and oxygen atoms in total. The van der Waals surface area contributed by atoms with Gasteiger partial charge in [-0.15, -0.1) is 11.3 Å². The fourth-order valence-electron chi connectivity index (χ4n) is 2.29. The maximum Gasteiger partial charge on any atom is 0.412 e. The number of hydrogen-bond donors (Lipinski definition) is 2. The Morgan fingerprint density at radius 3 is 2.61 bits per heavy atom. The van der Waals surface area contributed by atoms with E-state index in [0.717, 1.165) is 11.3 Å². The number of aliphatic hydroxyl groups is 1. The average molecular weight is 405 g/mol. The van der Waals surface area contributed by atoms with E-state index in [1.165, 1.54) is 19.6 Å². The number of carbonyl (C=O) groups excluding carboxylic acids is 1. The summed E-state index contributed by atoms with van der Waals surface area (Å²) in [6, 6.07) is 4.82. The Hall–Kier alpha value is -2.15. The van der Waals surface area contributed by atoms with E-state index in [4.69, 9.17) is 9.39 Å². The largest absolute Gasteiger partial charge is 0.444 e. The molecular formula is C19H23BFN2O4S. The first-order valence-electron chi connectivity index (χ1n) is 8.68. The lowest BCUT2D eigenvalue weighted by Gasteiger charge is -2.21. The molecular weight excluding hydrogens is 382 g/mol. The molecule has 9 heteroatoms. The van der Waals surface area contributed by atoms with Crippen molar-refractivity contribution in [1.29, 1.82) is 5.26 Å². The number of amides is 1. The second kappa shape index (κ2) is 8.47. The van der Waals surface area contributed by atoms with Gasteiger partial charge in [-0.1, -0.05) is 19.9 Å². The number of nitrogens with zero attached hydrogens (tertiary/aromatic N) is 1. The average Bonchev–Trinajstić information content (AvgIpc) is 2.94. The predicted octanol–water partition coefficient (Wildman–Crippen LogP) is 3.54. The first-order valence-corrected chi connectivity index (χ1v) is 9.50. The van der Waals surface area contributed by atoms with Crippen LogP contribution in [0.1, 0.15) is 40.2 Å². The van der Waals surface area contributed by atoms with E-state index in [0.29, 0.717) is 10.8 Å². The summed E-state index contributed by atoms with van der Waals surface area (Å²) in [6.07, 6.45) is -0.720. The first kappa shape index (κ1) is 22.1. The minimum absolute atomic E-state index is 0.0501. The number of benzene rings is 1. The van der Waals surface area contributed by atoms with Crippen LogP contribution in [0.5, 0.6) is 0 Å². The minimum atomic E-state index is -0.720. The highest BCUT2D eigenvalue weighted by atomic mass is 32.1. The van der Waals surface area contributed by atoms with Crippen LogP contribution in [0.4, 0.5) is 14.2 Å². The Kier molecular flexibility index (Phi) is 6.70. The predicted molar refractivity (Wildman–Crippen MR) is 109 cm³/mol. The van der Waals surface area contributed by atoms with Gasteiger partial charge in [0.25, 0.3) is 0 Å². The van der Waals surface area contributed by atoms with E-state index in [1.807, 2.05) is 19.9 Å². The summed E-state index contributed by atoms with van der Waals surface area (Å²) in [7, 11) is 1.43. The number of ether oxygens (including phenoxy) is 1. The summed E-state index contributed by atoms with van der Waals surface area (Å²) in [6.45, 7) is 9.05. The molecule has 0 saturated carbocycles. The van der Waals surface area contributed by atoms with Crippen LogP contribution in [0.3, 0.4) is 0 Å². The van der Waals surface area contributed by atoms with Crippen molar-refractivity contribution in [3.63, 3.8) is 0 Å². The molecule has 1 amide bonds.